The zero-order valence-electron chi connectivity index (χ0n) is 11.2. The molecule has 0 aliphatic rings. The fourth-order valence-corrected chi connectivity index (χ4v) is 3.16. The lowest BCUT2D eigenvalue weighted by Gasteiger charge is -2.03. The molecule has 100 valence electrons. The van der Waals surface area contributed by atoms with Crippen molar-refractivity contribution in [3.63, 3.8) is 0 Å². The number of rotatable bonds is 2. The first-order chi connectivity index (χ1) is 9.63. The van der Waals surface area contributed by atoms with Gasteiger partial charge in [-0.2, -0.15) is 0 Å². The van der Waals surface area contributed by atoms with Crippen molar-refractivity contribution in [1.29, 1.82) is 0 Å². The van der Waals surface area contributed by atoms with E-state index in [0.717, 1.165) is 16.3 Å². The second-order valence-corrected chi connectivity index (χ2v) is 5.97. The van der Waals surface area contributed by atoms with Gasteiger partial charge in [0, 0.05) is 22.7 Å². The average Bonchev–Trinajstić information content (AvgIpc) is 2.88. The minimum atomic E-state index is 0.491. The minimum Gasteiger partial charge on any atom is -0.245 e. The molecule has 0 bridgehead atoms. The minimum absolute atomic E-state index is 0.491. The van der Waals surface area contributed by atoms with Crippen LogP contribution in [0.4, 0.5) is 0 Å². The molecular weight excluding hydrogens is 288 g/mol. The van der Waals surface area contributed by atoms with Crippen LogP contribution in [0.15, 0.2) is 41.9 Å². The van der Waals surface area contributed by atoms with Gasteiger partial charge in [0.25, 0.3) is 0 Å². The smallest absolute Gasteiger partial charge is 0.129 e. The van der Waals surface area contributed by atoms with Crippen LogP contribution in [0.5, 0.6) is 0 Å². The van der Waals surface area contributed by atoms with Crippen molar-refractivity contribution in [3.8, 4) is 21.8 Å². The van der Waals surface area contributed by atoms with Crippen LogP contribution in [0.3, 0.4) is 0 Å². The summed E-state index contributed by atoms with van der Waals surface area (Å²) >= 11 is 7.55. The molecule has 0 saturated heterocycles. The maximum atomic E-state index is 5.93. The molecule has 4 heteroatoms. The van der Waals surface area contributed by atoms with Gasteiger partial charge in [-0.25, -0.2) is 9.97 Å². The van der Waals surface area contributed by atoms with Gasteiger partial charge >= 0.3 is 0 Å². The third-order valence-electron chi connectivity index (χ3n) is 3.14. The standard InChI is InChI=1S/C16H13ClN2S/c1-10-3-4-13(11(2)7-10)14-9-20-16(19-14)12-5-6-18-15(17)8-12/h3-9H,1-2H3. The van der Waals surface area contributed by atoms with Crippen LogP contribution in [0.2, 0.25) is 5.15 Å². The molecule has 0 aliphatic carbocycles. The lowest BCUT2D eigenvalue weighted by atomic mass is 10.0. The molecule has 0 fully saturated rings. The number of pyridine rings is 1. The number of hydrogen-bond donors (Lipinski definition) is 0. The molecule has 0 radical (unpaired) electrons. The summed E-state index contributed by atoms with van der Waals surface area (Å²) in [5.41, 5.74) is 5.71. The highest BCUT2D eigenvalue weighted by atomic mass is 35.5. The summed E-state index contributed by atoms with van der Waals surface area (Å²) in [6.45, 7) is 4.22. The van der Waals surface area contributed by atoms with Crippen molar-refractivity contribution in [2.45, 2.75) is 13.8 Å². The predicted octanol–water partition coefficient (Wildman–Crippen LogP) is 5.14. The zero-order valence-corrected chi connectivity index (χ0v) is 12.8. The number of aryl methyl sites for hydroxylation is 2. The van der Waals surface area contributed by atoms with Crippen LogP contribution in [-0.2, 0) is 0 Å². The monoisotopic (exact) mass is 300 g/mol. The molecule has 2 aromatic heterocycles. The number of hydrogen-bond acceptors (Lipinski definition) is 3. The van der Waals surface area contributed by atoms with E-state index in [9.17, 15) is 0 Å². The third kappa shape index (κ3) is 2.60. The Labute approximate surface area is 127 Å². The molecule has 0 amide bonds. The third-order valence-corrected chi connectivity index (χ3v) is 4.23. The first-order valence-corrected chi connectivity index (χ1v) is 7.54. The van der Waals surface area contributed by atoms with Gasteiger partial charge in [-0.15, -0.1) is 11.3 Å². The summed E-state index contributed by atoms with van der Waals surface area (Å²) in [5, 5.41) is 3.54. The quantitative estimate of drug-likeness (QED) is 0.612. The molecule has 20 heavy (non-hydrogen) atoms. The zero-order chi connectivity index (χ0) is 14.1. The van der Waals surface area contributed by atoms with E-state index < -0.39 is 0 Å². The summed E-state index contributed by atoms with van der Waals surface area (Å²) in [6.07, 6.45) is 1.70. The second-order valence-electron chi connectivity index (χ2n) is 4.72. The Hall–Kier alpha value is -1.71. The van der Waals surface area contributed by atoms with E-state index in [2.05, 4.69) is 42.4 Å². The van der Waals surface area contributed by atoms with Crippen molar-refractivity contribution in [2.24, 2.45) is 0 Å². The van der Waals surface area contributed by atoms with E-state index in [4.69, 9.17) is 16.6 Å². The number of nitrogens with zero attached hydrogens (tertiary/aromatic N) is 2. The number of benzene rings is 1. The first kappa shape index (κ1) is 13.3. The lowest BCUT2D eigenvalue weighted by Crippen LogP contribution is -1.85. The molecule has 0 spiro atoms. The summed E-state index contributed by atoms with van der Waals surface area (Å²) in [6, 6.07) is 10.2. The number of aromatic nitrogens is 2. The molecule has 1 aromatic carbocycles. The maximum Gasteiger partial charge on any atom is 0.129 e. The van der Waals surface area contributed by atoms with Crippen LogP contribution < -0.4 is 0 Å². The Kier molecular flexibility index (Phi) is 3.55. The van der Waals surface area contributed by atoms with E-state index >= 15 is 0 Å². The molecule has 0 atom stereocenters. The Morgan fingerprint density at radius 3 is 2.70 bits per heavy atom. The van der Waals surface area contributed by atoms with Crippen molar-refractivity contribution >= 4 is 22.9 Å². The molecule has 2 heterocycles. The summed E-state index contributed by atoms with van der Waals surface area (Å²) in [7, 11) is 0. The van der Waals surface area contributed by atoms with E-state index in [1.165, 1.54) is 16.7 Å². The molecule has 3 rings (SSSR count). The Balaban J connectivity index is 2.02. The fraction of sp³-hybridized carbons (Fsp3) is 0.125. The highest BCUT2D eigenvalue weighted by Crippen LogP contribution is 2.31. The Bertz CT molecular complexity index is 765. The van der Waals surface area contributed by atoms with Gasteiger partial charge < -0.3 is 0 Å². The van der Waals surface area contributed by atoms with Crippen molar-refractivity contribution in [3.05, 3.63) is 58.2 Å². The predicted molar refractivity (Wildman–Crippen MR) is 85.3 cm³/mol. The summed E-state index contributed by atoms with van der Waals surface area (Å²) in [4.78, 5) is 8.71. The van der Waals surface area contributed by atoms with Crippen LogP contribution in [0.1, 0.15) is 11.1 Å². The summed E-state index contributed by atoms with van der Waals surface area (Å²) in [5.74, 6) is 0. The normalized spacial score (nSPS) is 10.8. The summed E-state index contributed by atoms with van der Waals surface area (Å²) < 4.78 is 0. The first-order valence-electron chi connectivity index (χ1n) is 6.28. The highest BCUT2D eigenvalue weighted by molar-refractivity contribution is 7.13. The molecule has 2 nitrogen and oxygen atoms in total. The molecule has 0 unspecified atom stereocenters. The van der Waals surface area contributed by atoms with E-state index in [-0.39, 0.29) is 0 Å². The van der Waals surface area contributed by atoms with Crippen LogP contribution in [0, 0.1) is 13.8 Å². The second kappa shape index (κ2) is 5.35. The van der Waals surface area contributed by atoms with E-state index in [1.54, 1.807) is 17.5 Å². The van der Waals surface area contributed by atoms with E-state index in [1.807, 2.05) is 12.1 Å². The Morgan fingerprint density at radius 2 is 1.95 bits per heavy atom. The molecule has 0 aliphatic heterocycles. The highest BCUT2D eigenvalue weighted by Gasteiger charge is 2.09. The van der Waals surface area contributed by atoms with Crippen LogP contribution in [-0.4, -0.2) is 9.97 Å². The lowest BCUT2D eigenvalue weighted by molar-refractivity contribution is 1.31. The van der Waals surface area contributed by atoms with Gasteiger partial charge in [0.15, 0.2) is 0 Å². The topological polar surface area (TPSA) is 25.8 Å². The SMILES string of the molecule is Cc1ccc(-c2csc(-c3ccnc(Cl)c3)n2)c(C)c1. The van der Waals surface area contributed by atoms with Crippen molar-refractivity contribution < 1.29 is 0 Å². The molecule has 3 aromatic rings. The number of halogens is 1. The van der Waals surface area contributed by atoms with Crippen LogP contribution >= 0.6 is 22.9 Å². The van der Waals surface area contributed by atoms with Gasteiger partial charge in [-0.05, 0) is 31.5 Å². The average molecular weight is 301 g/mol. The molecule has 0 N–H and O–H groups in total. The van der Waals surface area contributed by atoms with Gasteiger partial charge in [-0.1, -0.05) is 35.4 Å². The van der Waals surface area contributed by atoms with Crippen molar-refractivity contribution in [1.82, 2.24) is 9.97 Å². The van der Waals surface area contributed by atoms with Gasteiger partial charge in [-0.3, -0.25) is 0 Å². The van der Waals surface area contributed by atoms with Crippen molar-refractivity contribution in [2.75, 3.05) is 0 Å². The maximum absolute atomic E-state index is 5.93. The van der Waals surface area contributed by atoms with E-state index in [0.29, 0.717) is 5.15 Å². The fourth-order valence-electron chi connectivity index (χ4n) is 2.17. The molecular formula is C16H13ClN2S. The van der Waals surface area contributed by atoms with Gasteiger partial charge in [0.1, 0.15) is 10.2 Å². The van der Waals surface area contributed by atoms with Gasteiger partial charge in [0.05, 0.1) is 5.69 Å². The Morgan fingerprint density at radius 1 is 1.10 bits per heavy atom. The largest absolute Gasteiger partial charge is 0.245 e. The molecule has 0 saturated carbocycles. The number of thiazole rings is 1. The van der Waals surface area contributed by atoms with Crippen LogP contribution in [0.25, 0.3) is 21.8 Å². The van der Waals surface area contributed by atoms with Gasteiger partial charge in [0.2, 0.25) is 0 Å².